The average Bonchev–Trinajstić information content (AvgIpc) is 3.38. The van der Waals surface area contributed by atoms with Crippen molar-refractivity contribution in [2.45, 2.75) is 62.6 Å². The molecule has 1 saturated carbocycles. The molecule has 4 aliphatic rings. The molecular formula is C26H34N2O8. The largest absolute Gasteiger partial charge is 0.493 e. The molecule has 4 N–H and O–H groups in total. The van der Waals surface area contributed by atoms with Crippen LogP contribution >= 0.6 is 0 Å². The van der Waals surface area contributed by atoms with Gasteiger partial charge >= 0.3 is 0 Å². The van der Waals surface area contributed by atoms with Crippen molar-refractivity contribution in [2.75, 3.05) is 33.4 Å². The Morgan fingerprint density at radius 2 is 2.03 bits per heavy atom. The Morgan fingerprint density at radius 3 is 2.67 bits per heavy atom. The van der Waals surface area contributed by atoms with Gasteiger partial charge in [-0.3, -0.25) is 9.59 Å². The van der Waals surface area contributed by atoms with Crippen LogP contribution in [0.25, 0.3) is 0 Å². The summed E-state index contributed by atoms with van der Waals surface area (Å²) >= 11 is 0. The second-order valence-electron chi connectivity index (χ2n) is 9.95. The maximum atomic E-state index is 13.5. The quantitative estimate of drug-likeness (QED) is 0.377. The van der Waals surface area contributed by atoms with Crippen molar-refractivity contribution in [3.63, 3.8) is 0 Å². The molecule has 10 heteroatoms. The summed E-state index contributed by atoms with van der Waals surface area (Å²) in [5, 5.41) is 33.4. The molecule has 0 radical (unpaired) electrons. The lowest BCUT2D eigenvalue weighted by Crippen LogP contribution is -2.57. The number of amides is 2. The van der Waals surface area contributed by atoms with Crippen molar-refractivity contribution in [1.29, 1.82) is 0 Å². The highest BCUT2D eigenvalue weighted by molar-refractivity contribution is 5.96. The summed E-state index contributed by atoms with van der Waals surface area (Å²) in [5.41, 5.74) is 1.57. The summed E-state index contributed by atoms with van der Waals surface area (Å²) in [6.45, 7) is 0.620. The van der Waals surface area contributed by atoms with Gasteiger partial charge in [0.25, 0.3) is 5.91 Å². The molecule has 2 aliphatic heterocycles. The third kappa shape index (κ3) is 4.58. The third-order valence-corrected chi connectivity index (χ3v) is 7.49. The highest BCUT2D eigenvalue weighted by atomic mass is 16.5. The van der Waals surface area contributed by atoms with E-state index in [1.54, 1.807) is 23.1 Å². The third-order valence-electron chi connectivity index (χ3n) is 7.49. The van der Waals surface area contributed by atoms with Gasteiger partial charge in [0.2, 0.25) is 5.91 Å². The van der Waals surface area contributed by atoms with Crippen LogP contribution in [-0.4, -0.2) is 89.8 Å². The molecule has 0 bridgehead atoms. The second-order valence-corrected chi connectivity index (χ2v) is 9.95. The zero-order chi connectivity index (χ0) is 25.4. The predicted octanol–water partition coefficient (Wildman–Crippen LogP) is 0.228. The van der Waals surface area contributed by atoms with Crippen molar-refractivity contribution in [3.05, 3.63) is 34.9 Å². The summed E-state index contributed by atoms with van der Waals surface area (Å²) in [4.78, 5) is 28.5. The molecule has 2 heterocycles. The van der Waals surface area contributed by atoms with E-state index in [1.165, 1.54) is 7.11 Å². The Kier molecular flexibility index (Phi) is 7.21. The van der Waals surface area contributed by atoms with Gasteiger partial charge in [0.1, 0.15) is 18.3 Å². The molecule has 196 valence electrons. The Hall–Kier alpha value is -2.66. The minimum absolute atomic E-state index is 0.0646. The molecule has 1 saturated heterocycles. The van der Waals surface area contributed by atoms with Crippen LogP contribution in [0.3, 0.4) is 0 Å². The van der Waals surface area contributed by atoms with Crippen molar-refractivity contribution < 1.29 is 39.1 Å². The van der Waals surface area contributed by atoms with Crippen LogP contribution in [0.15, 0.2) is 23.8 Å². The molecule has 0 spiro atoms. The Bertz CT molecular complexity index is 1030. The van der Waals surface area contributed by atoms with Crippen LogP contribution in [0.1, 0.15) is 42.7 Å². The molecule has 1 unspecified atom stereocenters. The fraction of sp³-hybridized carbons (Fsp3) is 0.615. The number of ether oxygens (including phenoxy) is 3. The van der Waals surface area contributed by atoms with Gasteiger partial charge in [-0.1, -0.05) is 0 Å². The topological polar surface area (TPSA) is 138 Å². The lowest BCUT2D eigenvalue weighted by Gasteiger charge is -2.41. The van der Waals surface area contributed by atoms with Crippen LogP contribution in [0, 0.1) is 5.92 Å². The highest BCUT2D eigenvalue weighted by Crippen LogP contribution is 2.51. The van der Waals surface area contributed by atoms with Crippen molar-refractivity contribution in [3.8, 4) is 11.5 Å². The van der Waals surface area contributed by atoms with Gasteiger partial charge in [0.15, 0.2) is 11.5 Å². The first-order chi connectivity index (χ1) is 17.5. The zero-order valence-corrected chi connectivity index (χ0v) is 20.4. The Labute approximate surface area is 209 Å². The Morgan fingerprint density at radius 1 is 1.22 bits per heavy atom. The number of benzene rings is 1. The lowest BCUT2D eigenvalue weighted by molar-refractivity contribution is -0.147. The molecule has 2 amide bonds. The number of carbonyl (C=O) groups is 2. The zero-order valence-electron chi connectivity index (χ0n) is 20.4. The average molecular weight is 503 g/mol. The molecule has 2 fully saturated rings. The van der Waals surface area contributed by atoms with E-state index in [1.807, 2.05) is 0 Å². The summed E-state index contributed by atoms with van der Waals surface area (Å²) in [6, 6.07) is 2.63. The lowest BCUT2D eigenvalue weighted by atomic mass is 9.77. The molecule has 5 atom stereocenters. The van der Waals surface area contributed by atoms with Crippen LogP contribution in [0.5, 0.6) is 11.5 Å². The van der Waals surface area contributed by atoms with E-state index < -0.39 is 36.2 Å². The van der Waals surface area contributed by atoms with E-state index >= 15 is 0 Å². The maximum absolute atomic E-state index is 13.5. The fourth-order valence-electron chi connectivity index (χ4n) is 5.51. The maximum Gasteiger partial charge on any atom is 0.252 e. The predicted molar refractivity (Wildman–Crippen MR) is 127 cm³/mol. The number of rotatable bonds is 9. The number of hydrogen-bond donors (Lipinski definition) is 4. The van der Waals surface area contributed by atoms with E-state index in [4.69, 9.17) is 14.2 Å². The molecule has 1 aromatic rings. The van der Waals surface area contributed by atoms with Gasteiger partial charge in [0, 0.05) is 30.8 Å². The number of fused-ring (bicyclic) bond motifs is 3. The van der Waals surface area contributed by atoms with Gasteiger partial charge in [-0.25, -0.2) is 0 Å². The van der Waals surface area contributed by atoms with E-state index in [9.17, 15) is 24.9 Å². The first-order valence-electron chi connectivity index (χ1n) is 12.7. The Balaban J connectivity index is 1.56. The van der Waals surface area contributed by atoms with Crippen LogP contribution in [0.2, 0.25) is 0 Å². The summed E-state index contributed by atoms with van der Waals surface area (Å²) in [5.74, 6) is -0.0552. The van der Waals surface area contributed by atoms with Gasteiger partial charge in [-0.05, 0) is 55.4 Å². The molecule has 1 aromatic carbocycles. The minimum atomic E-state index is -1.11. The standard InChI is InChI=1S/C26H34N2O8/c1-34-20-10-15(13-30)9-16-21-17(25(32)27-6-7-29)11-18(22(31)24(21)36-23(16)20)28(12-14-4-5-14)26(33)19-3-2-8-35-19/h9-11,14,18-19,21-22,24,29-31H,2-8,12-13H2,1H3,(H,27,32)/t18-,19?,21+,22+,24+/m1/s1. The van der Waals surface area contributed by atoms with E-state index in [0.29, 0.717) is 53.7 Å². The number of methoxy groups -OCH3 is 1. The SMILES string of the molecule is COc1cc(CO)cc2c1O[C@@H]1[C@@H](O)[C@H](N(CC3CC3)C(=O)C3CCCO3)C=C(C(=O)NCCO)[C@H]21. The van der Waals surface area contributed by atoms with Crippen molar-refractivity contribution in [2.24, 2.45) is 5.92 Å². The molecule has 0 aromatic heterocycles. The number of hydrogen-bond acceptors (Lipinski definition) is 8. The number of aliphatic hydroxyl groups excluding tert-OH is 3. The fourth-order valence-corrected chi connectivity index (χ4v) is 5.51. The van der Waals surface area contributed by atoms with Gasteiger partial charge in [-0.15, -0.1) is 0 Å². The second kappa shape index (κ2) is 10.4. The van der Waals surface area contributed by atoms with E-state index in [2.05, 4.69) is 5.32 Å². The van der Waals surface area contributed by atoms with Crippen molar-refractivity contribution >= 4 is 11.8 Å². The van der Waals surface area contributed by atoms with Crippen LogP contribution in [0.4, 0.5) is 0 Å². The monoisotopic (exact) mass is 502 g/mol. The number of nitrogens with zero attached hydrogens (tertiary/aromatic N) is 1. The number of nitrogens with one attached hydrogen (secondary N) is 1. The summed E-state index contributed by atoms with van der Waals surface area (Å²) in [6.07, 6.45) is 2.64. The number of carbonyl (C=O) groups excluding carboxylic acids is 2. The highest BCUT2D eigenvalue weighted by Gasteiger charge is 2.52. The minimum Gasteiger partial charge on any atom is -0.493 e. The van der Waals surface area contributed by atoms with Gasteiger partial charge < -0.3 is 39.7 Å². The molecule has 10 nitrogen and oxygen atoms in total. The summed E-state index contributed by atoms with van der Waals surface area (Å²) < 4.78 is 17.4. The van der Waals surface area contributed by atoms with Gasteiger partial charge in [-0.2, -0.15) is 0 Å². The van der Waals surface area contributed by atoms with Crippen molar-refractivity contribution in [1.82, 2.24) is 10.2 Å². The molecule has 2 aliphatic carbocycles. The van der Waals surface area contributed by atoms with Gasteiger partial charge in [0.05, 0.1) is 32.3 Å². The molecule has 5 rings (SSSR count). The van der Waals surface area contributed by atoms with E-state index in [-0.39, 0.29) is 25.7 Å². The smallest absolute Gasteiger partial charge is 0.252 e. The normalized spacial score (nSPS) is 28.6. The van der Waals surface area contributed by atoms with Crippen LogP contribution < -0.4 is 14.8 Å². The summed E-state index contributed by atoms with van der Waals surface area (Å²) in [7, 11) is 1.49. The number of aliphatic hydroxyl groups is 3. The first-order valence-corrected chi connectivity index (χ1v) is 12.7. The van der Waals surface area contributed by atoms with Crippen LogP contribution in [-0.2, 0) is 20.9 Å². The molecule has 36 heavy (non-hydrogen) atoms. The molecular weight excluding hydrogens is 468 g/mol. The first kappa shape index (κ1) is 25.0. The van der Waals surface area contributed by atoms with E-state index in [0.717, 1.165) is 19.3 Å².